The standard InChI is InChI=1S/C13H13BrN4O4/c1-22-11-5-7(9(16-17-15)6-10(11)19)12(20)18-4-2-3-8(14)13(18)21/h5-6,8,19H,2-4H2,1H3. The quantitative estimate of drug-likeness (QED) is 0.290. The fourth-order valence-corrected chi connectivity index (χ4v) is 2.77. The number of imide groups is 1. The topological polar surface area (TPSA) is 116 Å². The lowest BCUT2D eigenvalue weighted by atomic mass is 10.1. The number of azide groups is 1. The molecule has 9 heteroatoms. The molecule has 8 nitrogen and oxygen atoms in total. The lowest BCUT2D eigenvalue weighted by Gasteiger charge is -2.28. The molecule has 0 radical (unpaired) electrons. The number of carbonyl (C=O) groups excluding carboxylic acids is 2. The molecule has 2 rings (SSSR count). The summed E-state index contributed by atoms with van der Waals surface area (Å²) in [4.78, 5) is 28.0. The summed E-state index contributed by atoms with van der Waals surface area (Å²) in [6.07, 6.45) is 1.34. The number of aromatic hydroxyl groups is 1. The predicted octanol–water partition coefficient (Wildman–Crippen LogP) is 2.87. The lowest BCUT2D eigenvalue weighted by Crippen LogP contribution is -2.45. The number of ether oxygens (including phenoxy) is 1. The Morgan fingerprint density at radius 1 is 1.59 bits per heavy atom. The van der Waals surface area contributed by atoms with Crippen LogP contribution in [0.3, 0.4) is 0 Å². The van der Waals surface area contributed by atoms with E-state index in [1.165, 1.54) is 13.2 Å². The molecule has 0 aromatic heterocycles. The van der Waals surface area contributed by atoms with E-state index in [2.05, 4.69) is 26.0 Å². The van der Waals surface area contributed by atoms with Crippen molar-refractivity contribution in [2.45, 2.75) is 17.7 Å². The molecule has 2 amide bonds. The average molecular weight is 369 g/mol. The number of likely N-dealkylation sites (tertiary alicyclic amines) is 1. The van der Waals surface area contributed by atoms with Gasteiger partial charge in [0.05, 0.1) is 23.2 Å². The first-order valence-corrected chi connectivity index (χ1v) is 7.37. The van der Waals surface area contributed by atoms with Gasteiger partial charge in [-0.2, -0.15) is 0 Å². The van der Waals surface area contributed by atoms with Gasteiger partial charge >= 0.3 is 0 Å². The Kier molecular flexibility index (Phi) is 4.89. The normalized spacial score (nSPS) is 17.8. The summed E-state index contributed by atoms with van der Waals surface area (Å²) < 4.78 is 4.95. The molecular weight excluding hydrogens is 356 g/mol. The number of hydrogen-bond donors (Lipinski definition) is 1. The van der Waals surface area contributed by atoms with Gasteiger partial charge in [0.25, 0.3) is 5.91 Å². The minimum Gasteiger partial charge on any atom is -0.504 e. The van der Waals surface area contributed by atoms with Gasteiger partial charge in [0.1, 0.15) is 0 Å². The first kappa shape index (κ1) is 16.1. The number of carbonyl (C=O) groups is 2. The van der Waals surface area contributed by atoms with Gasteiger partial charge in [0.15, 0.2) is 11.5 Å². The fourth-order valence-electron chi connectivity index (χ4n) is 2.20. The van der Waals surface area contributed by atoms with E-state index in [9.17, 15) is 14.7 Å². The maximum absolute atomic E-state index is 12.6. The van der Waals surface area contributed by atoms with E-state index in [4.69, 9.17) is 10.3 Å². The van der Waals surface area contributed by atoms with Crippen molar-refractivity contribution in [3.8, 4) is 11.5 Å². The Hall–Kier alpha value is -2.25. The Balaban J connectivity index is 2.47. The zero-order valence-corrected chi connectivity index (χ0v) is 13.3. The molecule has 0 bridgehead atoms. The molecule has 1 aromatic rings. The number of phenolic OH excluding ortho intramolecular Hbond substituents is 1. The second kappa shape index (κ2) is 6.67. The van der Waals surface area contributed by atoms with Gasteiger partial charge in [0, 0.05) is 11.5 Å². The van der Waals surface area contributed by atoms with Crippen LogP contribution in [0.15, 0.2) is 17.2 Å². The number of phenols is 1. The van der Waals surface area contributed by atoms with Crippen molar-refractivity contribution in [3.63, 3.8) is 0 Å². The minimum absolute atomic E-state index is 0.00222. The molecule has 0 aliphatic carbocycles. The molecule has 1 atom stereocenters. The van der Waals surface area contributed by atoms with E-state index >= 15 is 0 Å². The average Bonchev–Trinajstić information content (AvgIpc) is 2.50. The summed E-state index contributed by atoms with van der Waals surface area (Å²) in [5.41, 5.74) is 8.54. The number of amides is 2. The van der Waals surface area contributed by atoms with Gasteiger partial charge in [-0.3, -0.25) is 14.5 Å². The molecular formula is C13H13BrN4O4. The van der Waals surface area contributed by atoms with Crippen molar-refractivity contribution < 1.29 is 19.4 Å². The number of hydrogen-bond acceptors (Lipinski definition) is 5. The number of methoxy groups -OCH3 is 1. The third-order valence-electron chi connectivity index (χ3n) is 3.30. The number of rotatable bonds is 3. The lowest BCUT2D eigenvalue weighted by molar-refractivity contribution is -0.129. The first-order valence-electron chi connectivity index (χ1n) is 6.45. The summed E-state index contributed by atoms with van der Waals surface area (Å²) >= 11 is 3.23. The third-order valence-corrected chi connectivity index (χ3v) is 4.15. The Morgan fingerprint density at radius 3 is 2.95 bits per heavy atom. The van der Waals surface area contributed by atoms with Gasteiger partial charge in [-0.1, -0.05) is 21.0 Å². The molecule has 1 aliphatic heterocycles. The number of piperidine rings is 1. The fraction of sp³-hybridized carbons (Fsp3) is 0.385. The van der Waals surface area contributed by atoms with E-state index in [1.807, 2.05) is 0 Å². The highest BCUT2D eigenvalue weighted by molar-refractivity contribution is 9.10. The van der Waals surface area contributed by atoms with Crippen LogP contribution < -0.4 is 4.74 Å². The van der Waals surface area contributed by atoms with E-state index < -0.39 is 10.7 Å². The molecule has 1 aliphatic rings. The Labute approximate surface area is 134 Å². The summed E-state index contributed by atoms with van der Waals surface area (Å²) in [5, 5.41) is 13.1. The van der Waals surface area contributed by atoms with Crippen molar-refractivity contribution in [3.05, 3.63) is 28.1 Å². The smallest absolute Gasteiger partial charge is 0.261 e. The summed E-state index contributed by atoms with van der Waals surface area (Å²) in [6, 6.07) is 2.39. The molecule has 1 saturated heterocycles. The van der Waals surface area contributed by atoms with Gasteiger partial charge in [-0.05, 0) is 30.5 Å². The third kappa shape index (κ3) is 3.00. The zero-order chi connectivity index (χ0) is 16.3. The van der Waals surface area contributed by atoms with Crippen molar-refractivity contribution in [2.75, 3.05) is 13.7 Å². The van der Waals surface area contributed by atoms with Crippen LogP contribution in [0.1, 0.15) is 23.2 Å². The van der Waals surface area contributed by atoms with Crippen LogP contribution >= 0.6 is 15.9 Å². The molecule has 0 spiro atoms. The largest absolute Gasteiger partial charge is 0.504 e. The number of alkyl halides is 1. The molecule has 0 saturated carbocycles. The SMILES string of the molecule is COc1cc(C(=O)N2CCCC(Br)C2=O)c(N=[N+]=[N-])cc1O. The number of halogens is 1. The van der Waals surface area contributed by atoms with E-state index in [-0.39, 0.29) is 28.7 Å². The summed E-state index contributed by atoms with van der Waals surface area (Å²) in [5.74, 6) is -1.13. The summed E-state index contributed by atoms with van der Waals surface area (Å²) in [6.45, 7) is 0.290. The molecule has 1 heterocycles. The monoisotopic (exact) mass is 368 g/mol. The van der Waals surface area contributed by atoms with E-state index in [1.54, 1.807) is 0 Å². The molecule has 1 aromatic carbocycles. The highest BCUT2D eigenvalue weighted by atomic mass is 79.9. The second-order valence-corrected chi connectivity index (χ2v) is 5.74. The number of benzene rings is 1. The van der Waals surface area contributed by atoms with Crippen LogP contribution in [0.5, 0.6) is 11.5 Å². The Morgan fingerprint density at radius 2 is 2.32 bits per heavy atom. The van der Waals surface area contributed by atoms with E-state index in [0.29, 0.717) is 19.4 Å². The second-order valence-electron chi connectivity index (χ2n) is 4.64. The Bertz CT molecular complexity index is 672. The maximum Gasteiger partial charge on any atom is 0.261 e. The molecule has 1 N–H and O–H groups in total. The highest BCUT2D eigenvalue weighted by Crippen LogP contribution is 2.35. The van der Waals surface area contributed by atoms with Crippen molar-refractivity contribution in [1.29, 1.82) is 0 Å². The number of nitrogens with zero attached hydrogens (tertiary/aromatic N) is 4. The molecule has 1 unspecified atom stereocenters. The van der Waals surface area contributed by atoms with Crippen LogP contribution in [0.4, 0.5) is 5.69 Å². The van der Waals surface area contributed by atoms with Gasteiger partial charge in [-0.15, -0.1) is 0 Å². The van der Waals surface area contributed by atoms with Gasteiger partial charge in [-0.25, -0.2) is 0 Å². The van der Waals surface area contributed by atoms with Gasteiger partial charge < -0.3 is 9.84 Å². The molecule has 116 valence electrons. The van der Waals surface area contributed by atoms with Crippen molar-refractivity contribution >= 4 is 33.4 Å². The van der Waals surface area contributed by atoms with Crippen LogP contribution in [0.25, 0.3) is 10.4 Å². The van der Waals surface area contributed by atoms with E-state index in [0.717, 1.165) is 11.0 Å². The predicted molar refractivity (Wildman–Crippen MR) is 81.5 cm³/mol. The van der Waals surface area contributed by atoms with Crippen molar-refractivity contribution in [2.24, 2.45) is 5.11 Å². The van der Waals surface area contributed by atoms with Crippen LogP contribution in [0.2, 0.25) is 0 Å². The molecule has 22 heavy (non-hydrogen) atoms. The van der Waals surface area contributed by atoms with Crippen LogP contribution in [-0.4, -0.2) is 40.3 Å². The van der Waals surface area contributed by atoms with Crippen LogP contribution in [0, 0.1) is 0 Å². The maximum atomic E-state index is 12.6. The zero-order valence-electron chi connectivity index (χ0n) is 11.7. The van der Waals surface area contributed by atoms with Crippen LogP contribution in [-0.2, 0) is 4.79 Å². The first-order chi connectivity index (χ1) is 10.5. The van der Waals surface area contributed by atoms with Crippen molar-refractivity contribution in [1.82, 2.24) is 4.90 Å². The molecule has 1 fully saturated rings. The minimum atomic E-state index is -0.588. The van der Waals surface area contributed by atoms with Gasteiger partial charge in [0.2, 0.25) is 5.91 Å². The summed E-state index contributed by atoms with van der Waals surface area (Å²) in [7, 11) is 1.33. The highest BCUT2D eigenvalue weighted by Gasteiger charge is 2.32.